The first-order chi connectivity index (χ1) is 11.0. The molecule has 23 heavy (non-hydrogen) atoms. The van der Waals surface area contributed by atoms with Crippen molar-refractivity contribution in [1.82, 2.24) is 20.8 Å². The highest BCUT2D eigenvalue weighted by molar-refractivity contribution is 5.79. The topological polar surface area (TPSA) is 65.1 Å². The van der Waals surface area contributed by atoms with E-state index in [0.717, 1.165) is 24.6 Å². The van der Waals surface area contributed by atoms with Gasteiger partial charge < -0.3 is 10.6 Å². The second-order valence-electron chi connectivity index (χ2n) is 6.63. The Hall–Kier alpha value is -2.30. The Morgan fingerprint density at radius 2 is 1.87 bits per heavy atom. The number of guanidine groups is 1. The molecule has 3 N–H and O–H groups in total. The number of hydrogen-bond donors (Lipinski definition) is 3. The third kappa shape index (κ3) is 5.43. The zero-order valence-electron chi connectivity index (χ0n) is 14.5. The third-order valence-electron chi connectivity index (χ3n) is 3.75. The van der Waals surface area contributed by atoms with Gasteiger partial charge in [-0.25, -0.2) is 0 Å². The second-order valence-corrected chi connectivity index (χ2v) is 6.63. The first-order valence-electron chi connectivity index (χ1n) is 8.01. The zero-order valence-corrected chi connectivity index (χ0v) is 14.5. The molecule has 0 amide bonds. The van der Waals surface area contributed by atoms with Crippen molar-refractivity contribution in [1.29, 1.82) is 0 Å². The maximum absolute atomic E-state index is 4.23. The van der Waals surface area contributed by atoms with E-state index in [1.807, 2.05) is 6.07 Å². The smallest absolute Gasteiger partial charge is 0.191 e. The summed E-state index contributed by atoms with van der Waals surface area (Å²) in [6.07, 6.45) is 2.71. The molecule has 5 heteroatoms. The van der Waals surface area contributed by atoms with E-state index in [2.05, 4.69) is 70.9 Å². The van der Waals surface area contributed by atoms with E-state index >= 15 is 0 Å². The highest BCUT2D eigenvalue weighted by Gasteiger charge is 2.12. The second kappa shape index (κ2) is 7.81. The van der Waals surface area contributed by atoms with Gasteiger partial charge in [-0.05, 0) is 29.0 Å². The number of benzene rings is 1. The lowest BCUT2D eigenvalue weighted by Gasteiger charge is -2.19. The summed E-state index contributed by atoms with van der Waals surface area (Å²) >= 11 is 0. The van der Waals surface area contributed by atoms with Crippen LogP contribution >= 0.6 is 0 Å². The lowest BCUT2D eigenvalue weighted by molar-refractivity contribution is 0.590. The van der Waals surface area contributed by atoms with E-state index < -0.39 is 0 Å². The Labute approximate surface area is 138 Å². The first kappa shape index (κ1) is 17.1. The molecule has 1 aromatic carbocycles. The molecule has 5 nitrogen and oxygen atoms in total. The Balaban J connectivity index is 1.76. The van der Waals surface area contributed by atoms with Gasteiger partial charge in [0.15, 0.2) is 5.96 Å². The summed E-state index contributed by atoms with van der Waals surface area (Å²) in [5.74, 6) is 0.797. The number of aromatic nitrogens is 2. The van der Waals surface area contributed by atoms with Crippen LogP contribution in [-0.2, 0) is 18.4 Å². The van der Waals surface area contributed by atoms with Crippen molar-refractivity contribution in [2.24, 2.45) is 4.99 Å². The molecule has 0 fully saturated rings. The number of rotatable bonds is 5. The normalized spacial score (nSPS) is 12.3. The number of hydrogen-bond acceptors (Lipinski definition) is 2. The number of aromatic amines is 1. The van der Waals surface area contributed by atoms with Crippen molar-refractivity contribution < 1.29 is 0 Å². The third-order valence-corrected chi connectivity index (χ3v) is 3.75. The average molecular weight is 313 g/mol. The molecule has 2 aromatic rings. The molecular formula is C18H27N5. The monoisotopic (exact) mass is 313 g/mol. The van der Waals surface area contributed by atoms with E-state index in [1.165, 1.54) is 11.1 Å². The van der Waals surface area contributed by atoms with Gasteiger partial charge in [0, 0.05) is 19.8 Å². The summed E-state index contributed by atoms with van der Waals surface area (Å²) in [7, 11) is 1.78. The maximum atomic E-state index is 4.23. The number of H-pyrrole nitrogens is 1. The average Bonchev–Trinajstić information content (AvgIpc) is 3.03. The van der Waals surface area contributed by atoms with Crippen LogP contribution in [0.2, 0.25) is 0 Å². The van der Waals surface area contributed by atoms with Crippen molar-refractivity contribution >= 4 is 5.96 Å². The fourth-order valence-corrected chi connectivity index (χ4v) is 2.28. The quantitative estimate of drug-likeness (QED) is 0.587. The lowest BCUT2D eigenvalue weighted by atomic mass is 9.86. The molecule has 0 saturated heterocycles. The van der Waals surface area contributed by atoms with E-state index in [0.29, 0.717) is 6.54 Å². The largest absolute Gasteiger partial charge is 0.356 e. The van der Waals surface area contributed by atoms with Gasteiger partial charge in [0.1, 0.15) is 0 Å². The molecule has 0 aliphatic heterocycles. The van der Waals surface area contributed by atoms with Crippen LogP contribution in [-0.4, -0.2) is 29.7 Å². The van der Waals surface area contributed by atoms with Crippen molar-refractivity contribution in [2.75, 3.05) is 13.6 Å². The van der Waals surface area contributed by atoms with Gasteiger partial charge in [-0.15, -0.1) is 0 Å². The van der Waals surface area contributed by atoms with Crippen LogP contribution in [0.15, 0.2) is 41.5 Å². The van der Waals surface area contributed by atoms with Gasteiger partial charge in [-0.3, -0.25) is 10.1 Å². The maximum Gasteiger partial charge on any atom is 0.191 e. The van der Waals surface area contributed by atoms with Crippen LogP contribution in [0.25, 0.3) is 0 Å². The molecule has 0 saturated carbocycles. The number of aliphatic imine (C=N–C) groups is 1. The predicted octanol–water partition coefficient (Wildman–Crippen LogP) is 2.61. The summed E-state index contributed by atoms with van der Waals surface area (Å²) in [5.41, 5.74) is 3.93. The summed E-state index contributed by atoms with van der Waals surface area (Å²) in [6.45, 7) is 8.23. The molecule has 0 radical (unpaired) electrons. The molecule has 0 bridgehead atoms. The van der Waals surface area contributed by atoms with Crippen LogP contribution < -0.4 is 10.6 Å². The highest BCUT2D eigenvalue weighted by Crippen LogP contribution is 2.22. The molecule has 1 heterocycles. The Bertz CT molecular complexity index is 606. The molecule has 0 aliphatic rings. The standard InChI is InChI=1S/C18H27N5/c1-18(2,3)15-7-5-14(6-8-15)9-11-20-17(19-4)21-13-16-10-12-22-23-16/h5-8,10,12H,9,11,13H2,1-4H3,(H,22,23)(H2,19,20,21). The van der Waals surface area contributed by atoms with Crippen molar-refractivity contribution in [3.05, 3.63) is 53.3 Å². The summed E-state index contributed by atoms with van der Waals surface area (Å²) in [6, 6.07) is 10.8. The van der Waals surface area contributed by atoms with E-state index in [1.54, 1.807) is 13.2 Å². The minimum absolute atomic E-state index is 0.204. The SMILES string of the molecule is CN=C(NCCc1ccc(C(C)(C)C)cc1)NCc1ccn[nH]1. The minimum atomic E-state index is 0.204. The predicted molar refractivity (Wildman–Crippen MR) is 95.6 cm³/mol. The number of nitrogens with one attached hydrogen (secondary N) is 3. The van der Waals surface area contributed by atoms with Crippen LogP contribution in [0, 0.1) is 0 Å². The number of nitrogens with zero attached hydrogens (tertiary/aromatic N) is 2. The molecular weight excluding hydrogens is 286 g/mol. The van der Waals surface area contributed by atoms with Crippen molar-refractivity contribution in [2.45, 2.75) is 39.2 Å². The van der Waals surface area contributed by atoms with E-state index in [4.69, 9.17) is 0 Å². The van der Waals surface area contributed by atoms with Crippen LogP contribution in [0.4, 0.5) is 0 Å². The molecule has 1 aromatic heterocycles. The molecule has 2 rings (SSSR count). The van der Waals surface area contributed by atoms with Gasteiger partial charge in [0.05, 0.1) is 12.2 Å². The lowest BCUT2D eigenvalue weighted by Crippen LogP contribution is -2.37. The summed E-state index contributed by atoms with van der Waals surface area (Å²) in [5, 5.41) is 13.4. The summed E-state index contributed by atoms with van der Waals surface area (Å²) < 4.78 is 0. The van der Waals surface area contributed by atoms with E-state index in [9.17, 15) is 0 Å². The molecule has 0 unspecified atom stereocenters. The van der Waals surface area contributed by atoms with Gasteiger partial charge in [-0.2, -0.15) is 5.10 Å². The van der Waals surface area contributed by atoms with Crippen molar-refractivity contribution in [3.63, 3.8) is 0 Å². The molecule has 0 atom stereocenters. The fourth-order valence-electron chi connectivity index (χ4n) is 2.28. The van der Waals surface area contributed by atoms with Crippen molar-refractivity contribution in [3.8, 4) is 0 Å². The Kier molecular flexibility index (Phi) is 5.79. The fraction of sp³-hybridized carbons (Fsp3) is 0.444. The molecule has 124 valence electrons. The van der Waals surface area contributed by atoms with E-state index in [-0.39, 0.29) is 5.41 Å². The van der Waals surface area contributed by atoms with Gasteiger partial charge in [-0.1, -0.05) is 45.0 Å². The zero-order chi connectivity index (χ0) is 16.7. The Morgan fingerprint density at radius 3 is 2.43 bits per heavy atom. The molecule has 0 spiro atoms. The van der Waals surface area contributed by atoms with Crippen LogP contribution in [0.5, 0.6) is 0 Å². The van der Waals surface area contributed by atoms with Gasteiger partial charge >= 0.3 is 0 Å². The van der Waals surface area contributed by atoms with Gasteiger partial charge in [0.2, 0.25) is 0 Å². The highest BCUT2D eigenvalue weighted by atomic mass is 15.2. The van der Waals surface area contributed by atoms with Crippen LogP contribution in [0.3, 0.4) is 0 Å². The minimum Gasteiger partial charge on any atom is -0.356 e. The molecule has 0 aliphatic carbocycles. The van der Waals surface area contributed by atoms with Crippen LogP contribution in [0.1, 0.15) is 37.6 Å². The first-order valence-corrected chi connectivity index (χ1v) is 8.01. The summed E-state index contributed by atoms with van der Waals surface area (Å²) in [4.78, 5) is 4.23. The van der Waals surface area contributed by atoms with Gasteiger partial charge in [0.25, 0.3) is 0 Å². The Morgan fingerprint density at radius 1 is 1.13 bits per heavy atom.